The minimum atomic E-state index is -1.38. The van der Waals surface area contributed by atoms with Crippen LogP contribution in [0.15, 0.2) is 49.3 Å². The van der Waals surface area contributed by atoms with E-state index in [2.05, 4.69) is 0 Å². The molecule has 0 radical (unpaired) electrons. The molecular formula is C52H73N4O14-. The minimum absolute atomic E-state index is 0.00971. The molecule has 0 spiro atoms. The topological polar surface area (TPSA) is 235 Å². The molecule has 386 valence electrons. The molecule has 5 rings (SSSR count). The Hall–Kier alpha value is -5.68. The Balaban J connectivity index is 2.04. The Morgan fingerprint density at radius 3 is 1.57 bits per heavy atom. The van der Waals surface area contributed by atoms with Crippen LogP contribution in [0.5, 0.6) is 0 Å². The molecule has 0 N–H and O–H groups in total. The summed E-state index contributed by atoms with van der Waals surface area (Å²) >= 11 is 0. The van der Waals surface area contributed by atoms with E-state index in [1.165, 1.54) is 49.8 Å². The van der Waals surface area contributed by atoms with Gasteiger partial charge in [0.2, 0.25) is 0 Å². The lowest BCUT2D eigenvalue weighted by Crippen LogP contribution is -2.55. The van der Waals surface area contributed by atoms with E-state index in [0.29, 0.717) is 51.8 Å². The summed E-state index contributed by atoms with van der Waals surface area (Å²) in [6.45, 7) is 15.6. The Labute approximate surface area is 411 Å². The third-order valence-electron chi connectivity index (χ3n) is 16.7. The van der Waals surface area contributed by atoms with Gasteiger partial charge in [0.1, 0.15) is 0 Å². The van der Waals surface area contributed by atoms with Crippen molar-refractivity contribution < 1.29 is 66.7 Å². The number of aliphatic imine (C=N–C) groups is 3. The number of allylic oxidation sites excluding steroid dienone is 6. The molecule has 18 nitrogen and oxygen atoms in total. The highest BCUT2D eigenvalue weighted by Crippen LogP contribution is 2.66. The third-order valence-corrected chi connectivity index (χ3v) is 16.7. The number of hydrogen-bond donors (Lipinski definition) is 0. The maximum absolute atomic E-state index is 14.0. The maximum Gasteiger partial charge on any atom is 0.306 e. The molecule has 18 heteroatoms. The van der Waals surface area contributed by atoms with Gasteiger partial charge in [0, 0.05) is 88.9 Å². The zero-order valence-electron chi connectivity index (χ0n) is 43.7. The quantitative estimate of drug-likeness (QED) is 0.0967. The lowest BCUT2D eigenvalue weighted by Gasteiger charge is -2.53. The van der Waals surface area contributed by atoms with E-state index in [0.717, 1.165) is 0 Å². The van der Waals surface area contributed by atoms with E-state index >= 15 is 0 Å². The molecule has 5 aliphatic rings. The lowest BCUT2D eigenvalue weighted by molar-refractivity contribution is -0.147. The van der Waals surface area contributed by atoms with Crippen LogP contribution in [0.1, 0.15) is 126 Å². The highest BCUT2D eigenvalue weighted by atomic mass is 16.5. The smallest absolute Gasteiger partial charge is 0.306 e. The molecular weight excluding hydrogens is 905 g/mol. The van der Waals surface area contributed by atoms with Gasteiger partial charge >= 0.3 is 41.8 Å². The second-order valence-corrected chi connectivity index (χ2v) is 20.7. The predicted octanol–water partition coefficient (Wildman–Crippen LogP) is 7.32. The van der Waals surface area contributed by atoms with Gasteiger partial charge in [0.25, 0.3) is 0 Å². The van der Waals surface area contributed by atoms with Crippen molar-refractivity contribution in [1.29, 1.82) is 0 Å². The number of nitrogens with zero attached hydrogens (tertiary/aromatic N) is 4. The summed E-state index contributed by atoms with van der Waals surface area (Å²) < 4.78 is 36.7. The molecule has 1 saturated heterocycles. The number of ether oxygens (including phenoxy) is 7. The Kier molecular flexibility index (Phi) is 16.9. The van der Waals surface area contributed by atoms with Crippen molar-refractivity contribution in [2.75, 3.05) is 49.8 Å². The fourth-order valence-electron chi connectivity index (χ4n) is 12.2. The van der Waals surface area contributed by atoms with Crippen molar-refractivity contribution in [1.82, 2.24) is 0 Å². The average Bonchev–Trinajstić information content (AvgIpc) is 3.95. The first kappa shape index (κ1) is 55.2. The summed E-state index contributed by atoms with van der Waals surface area (Å²) in [5.74, 6) is -5.83. The molecule has 1 fully saturated rings. The standard InChI is InChI=1S/C52H73N4O14/c1-28-43-31(17-20-37(58)65-10)48(3,4)35(54-43)25-34-30(16-19-36(57)64-9)50(6,26-41(62)69-14)46(53-34)29(2)44-32(18-21-38(59)66-11)51(7,27-42(63)70-15)52(8,56-44)47-33(24-40(61)68-13)49(5,45(28)55-47)23-22-39(60)67-12/h25,30-33,47H,16-24,26-27H2,1-15H3/q-1/t30-,31-,32-,33+,47?,49-,50+,51+,52+/m1/s1. The maximum atomic E-state index is 14.0. The summed E-state index contributed by atoms with van der Waals surface area (Å²) in [6, 6.07) is -0.898. The van der Waals surface area contributed by atoms with E-state index < -0.39 is 98.7 Å². The van der Waals surface area contributed by atoms with Crippen molar-refractivity contribution in [3.8, 4) is 0 Å². The fraction of sp³-hybridized carbons (Fsp3) is 0.692. The fourth-order valence-corrected chi connectivity index (χ4v) is 12.2. The van der Waals surface area contributed by atoms with E-state index in [9.17, 15) is 33.6 Å². The van der Waals surface area contributed by atoms with Gasteiger partial charge in [-0.05, 0) is 75.0 Å². The van der Waals surface area contributed by atoms with Gasteiger partial charge in [-0.3, -0.25) is 48.5 Å². The number of fused-ring (bicyclic) bond motifs is 6. The Morgan fingerprint density at radius 1 is 0.557 bits per heavy atom. The Morgan fingerprint density at radius 2 is 1.04 bits per heavy atom. The van der Waals surface area contributed by atoms with Gasteiger partial charge in [0.05, 0.1) is 73.8 Å². The molecule has 0 amide bonds. The van der Waals surface area contributed by atoms with Crippen molar-refractivity contribution in [2.24, 2.45) is 60.3 Å². The van der Waals surface area contributed by atoms with Gasteiger partial charge in [0.15, 0.2) is 0 Å². The summed E-state index contributed by atoms with van der Waals surface area (Å²) in [7, 11) is 9.17. The van der Waals surface area contributed by atoms with Gasteiger partial charge in [-0.2, -0.15) is 5.70 Å². The van der Waals surface area contributed by atoms with Crippen LogP contribution < -0.4 is 0 Å². The summed E-state index contributed by atoms with van der Waals surface area (Å²) in [5, 5.41) is 5.68. The van der Waals surface area contributed by atoms with Crippen molar-refractivity contribution in [3.63, 3.8) is 0 Å². The van der Waals surface area contributed by atoms with Crippen LogP contribution >= 0.6 is 0 Å². The highest BCUT2D eigenvalue weighted by Gasteiger charge is 2.63. The second-order valence-electron chi connectivity index (χ2n) is 20.7. The third kappa shape index (κ3) is 9.97. The normalized spacial score (nSPS) is 33.4. The van der Waals surface area contributed by atoms with Crippen LogP contribution in [0.25, 0.3) is 5.32 Å². The second kappa shape index (κ2) is 21.4. The molecule has 0 aromatic heterocycles. The zero-order chi connectivity index (χ0) is 52.3. The van der Waals surface area contributed by atoms with Crippen LogP contribution in [-0.2, 0) is 66.7 Å². The summed E-state index contributed by atoms with van der Waals surface area (Å²) in [5.41, 5.74) is -0.993. The first-order valence-corrected chi connectivity index (χ1v) is 23.9. The minimum Gasteiger partial charge on any atom is -0.682 e. The number of carbonyl (C=O) groups is 7. The molecule has 9 atom stereocenters. The van der Waals surface area contributed by atoms with Gasteiger partial charge in [-0.25, -0.2) is 0 Å². The zero-order valence-corrected chi connectivity index (χ0v) is 43.7. The Bertz CT molecular complexity index is 2340. The summed E-state index contributed by atoms with van der Waals surface area (Å²) in [6.07, 6.45) is 2.21. The first-order chi connectivity index (χ1) is 32.8. The number of esters is 7. The van der Waals surface area contributed by atoms with Crippen LogP contribution in [0, 0.1) is 45.3 Å². The summed E-state index contributed by atoms with van der Waals surface area (Å²) in [4.78, 5) is 110. The predicted molar refractivity (Wildman–Crippen MR) is 258 cm³/mol. The molecule has 0 aliphatic carbocycles. The molecule has 0 aromatic rings. The van der Waals surface area contributed by atoms with Crippen molar-refractivity contribution >= 4 is 58.9 Å². The van der Waals surface area contributed by atoms with Crippen molar-refractivity contribution in [3.05, 3.63) is 39.6 Å². The molecule has 0 aromatic carbocycles. The molecule has 1 unspecified atom stereocenters. The monoisotopic (exact) mass is 978 g/mol. The highest BCUT2D eigenvalue weighted by molar-refractivity contribution is 6.10. The van der Waals surface area contributed by atoms with Gasteiger partial charge in [-0.15, -0.1) is 0 Å². The number of methoxy groups -OCH3 is 7. The van der Waals surface area contributed by atoms with Gasteiger partial charge in [-0.1, -0.05) is 40.7 Å². The molecule has 70 heavy (non-hydrogen) atoms. The van der Waals surface area contributed by atoms with E-state index in [1.807, 2.05) is 61.5 Å². The molecule has 0 saturated carbocycles. The van der Waals surface area contributed by atoms with Crippen LogP contribution in [0.4, 0.5) is 0 Å². The molecule has 5 aliphatic heterocycles. The molecule has 5 heterocycles. The van der Waals surface area contributed by atoms with Gasteiger partial charge < -0.3 is 38.5 Å². The van der Waals surface area contributed by atoms with Crippen molar-refractivity contribution in [2.45, 2.75) is 138 Å². The SMILES string of the molecule is COC(=O)CC[C@@H]1C2=NC(=C\C3=NC(=C(/C)C4=N[C@@](C)(C5[N-]/C(=C\2C)[C@](C)(CCC(=O)OC)[C@H]5CC(=O)OC)[C@@](C)(CC(=O)OC)[C@@H]4CCC(=O)OC)/[C@@](C)(CC(=O)OC)[C@@H]3CCC(=O)OC)/C1(C)C. The number of rotatable bonds is 18. The lowest BCUT2D eigenvalue weighted by atomic mass is 9.56. The molecule has 8 bridgehead atoms. The first-order valence-electron chi connectivity index (χ1n) is 23.9. The van der Waals surface area contributed by atoms with E-state index in [-0.39, 0.29) is 64.2 Å². The van der Waals surface area contributed by atoms with Crippen LogP contribution in [0.3, 0.4) is 0 Å². The number of hydrogen-bond acceptors (Lipinski definition) is 17. The van der Waals surface area contributed by atoms with Crippen LogP contribution in [-0.4, -0.2) is 120 Å². The van der Waals surface area contributed by atoms with Crippen LogP contribution in [0.2, 0.25) is 0 Å². The average molecular weight is 978 g/mol. The van der Waals surface area contributed by atoms with E-state index in [4.69, 9.17) is 53.5 Å². The largest absolute Gasteiger partial charge is 0.682 e. The number of carbonyl (C=O) groups excluding carboxylic acids is 7. The van der Waals surface area contributed by atoms with E-state index in [1.54, 1.807) is 0 Å².